The second kappa shape index (κ2) is 9.93. The molecule has 154 valence electrons. The standard InChI is InChI=1S/C17H23F2N5O4/c1-11(2)6-16(25)28-10-24-15(4-5-20-24)21-17(26)13-7-12(22-23(13)3)8-27-9-14(18)19/h4-5,7,11,14H,6,8-10H2,1-3H3,(H,21,26). The first kappa shape index (κ1) is 21.5. The largest absolute Gasteiger partial charge is 0.442 e. The Labute approximate surface area is 160 Å². The predicted octanol–water partition coefficient (Wildman–Crippen LogP) is 2.20. The Kier molecular flexibility index (Phi) is 7.61. The molecule has 0 unspecified atom stereocenters. The molecule has 1 N–H and O–H groups in total. The van der Waals surface area contributed by atoms with E-state index in [1.165, 1.54) is 21.6 Å². The fourth-order valence-corrected chi connectivity index (χ4v) is 2.31. The molecule has 0 bridgehead atoms. The minimum absolute atomic E-state index is 0.130. The molecule has 0 aromatic carbocycles. The number of anilines is 1. The van der Waals surface area contributed by atoms with Crippen molar-refractivity contribution in [3.63, 3.8) is 0 Å². The number of carbonyl (C=O) groups excluding carboxylic acids is 2. The first-order valence-corrected chi connectivity index (χ1v) is 8.63. The van der Waals surface area contributed by atoms with Crippen molar-refractivity contribution in [2.45, 2.75) is 40.0 Å². The van der Waals surface area contributed by atoms with Crippen LogP contribution >= 0.6 is 0 Å². The van der Waals surface area contributed by atoms with Crippen molar-refractivity contribution in [3.05, 3.63) is 29.7 Å². The van der Waals surface area contributed by atoms with Crippen molar-refractivity contribution < 1.29 is 27.8 Å². The van der Waals surface area contributed by atoms with Gasteiger partial charge in [0.25, 0.3) is 12.3 Å². The molecule has 0 saturated carbocycles. The van der Waals surface area contributed by atoms with Gasteiger partial charge in [0.2, 0.25) is 0 Å². The van der Waals surface area contributed by atoms with E-state index in [2.05, 4.69) is 15.5 Å². The van der Waals surface area contributed by atoms with Crippen LogP contribution in [0.15, 0.2) is 18.3 Å². The number of halogens is 2. The number of hydrogen-bond acceptors (Lipinski definition) is 6. The van der Waals surface area contributed by atoms with Crippen LogP contribution < -0.4 is 5.32 Å². The molecule has 0 radical (unpaired) electrons. The third kappa shape index (κ3) is 6.41. The highest BCUT2D eigenvalue weighted by atomic mass is 19.3. The first-order chi connectivity index (χ1) is 13.3. The third-order valence-corrected chi connectivity index (χ3v) is 3.54. The second-order valence-corrected chi connectivity index (χ2v) is 6.46. The molecular weight excluding hydrogens is 376 g/mol. The molecule has 0 aliphatic rings. The Morgan fingerprint density at radius 2 is 2.07 bits per heavy atom. The zero-order chi connectivity index (χ0) is 20.7. The Bertz CT molecular complexity index is 803. The van der Waals surface area contributed by atoms with Gasteiger partial charge in [0.15, 0.2) is 6.73 Å². The molecule has 11 heteroatoms. The number of nitrogens with one attached hydrogen (secondary N) is 1. The Balaban J connectivity index is 1.95. The number of amides is 1. The van der Waals surface area contributed by atoms with E-state index in [4.69, 9.17) is 9.47 Å². The summed E-state index contributed by atoms with van der Waals surface area (Å²) >= 11 is 0. The predicted molar refractivity (Wildman–Crippen MR) is 94.6 cm³/mol. The monoisotopic (exact) mass is 399 g/mol. The van der Waals surface area contributed by atoms with Gasteiger partial charge in [-0.1, -0.05) is 13.8 Å². The van der Waals surface area contributed by atoms with Crippen LogP contribution in [-0.4, -0.2) is 44.5 Å². The molecule has 0 atom stereocenters. The van der Waals surface area contributed by atoms with E-state index in [9.17, 15) is 18.4 Å². The van der Waals surface area contributed by atoms with Crippen LogP contribution in [-0.2, 0) is 34.7 Å². The van der Waals surface area contributed by atoms with Crippen molar-refractivity contribution in [2.24, 2.45) is 13.0 Å². The normalized spacial score (nSPS) is 11.2. The van der Waals surface area contributed by atoms with E-state index in [1.807, 2.05) is 13.8 Å². The smallest absolute Gasteiger partial charge is 0.307 e. The van der Waals surface area contributed by atoms with Crippen molar-refractivity contribution >= 4 is 17.7 Å². The third-order valence-electron chi connectivity index (χ3n) is 3.54. The number of aromatic nitrogens is 4. The SMILES string of the molecule is CC(C)CC(=O)OCn1nccc1NC(=O)c1cc(COCC(F)F)nn1C. The van der Waals surface area contributed by atoms with Crippen LogP contribution in [0.25, 0.3) is 0 Å². The molecule has 0 aliphatic carbocycles. The first-order valence-electron chi connectivity index (χ1n) is 8.63. The Morgan fingerprint density at radius 1 is 1.32 bits per heavy atom. The summed E-state index contributed by atoms with van der Waals surface area (Å²) in [5.41, 5.74) is 0.560. The summed E-state index contributed by atoms with van der Waals surface area (Å²) in [4.78, 5) is 24.1. The molecule has 0 aliphatic heterocycles. The Morgan fingerprint density at radius 3 is 2.75 bits per heavy atom. The van der Waals surface area contributed by atoms with Crippen molar-refractivity contribution in [3.8, 4) is 0 Å². The van der Waals surface area contributed by atoms with E-state index in [1.54, 1.807) is 13.1 Å². The lowest BCUT2D eigenvalue weighted by Gasteiger charge is -2.10. The topological polar surface area (TPSA) is 100 Å². The summed E-state index contributed by atoms with van der Waals surface area (Å²) in [5, 5.41) is 10.7. The molecule has 28 heavy (non-hydrogen) atoms. The van der Waals surface area contributed by atoms with E-state index in [0.29, 0.717) is 11.5 Å². The molecule has 2 aromatic heterocycles. The van der Waals surface area contributed by atoms with Crippen LogP contribution in [0.4, 0.5) is 14.6 Å². The number of rotatable bonds is 10. The molecule has 1 amide bonds. The van der Waals surface area contributed by atoms with Crippen LogP contribution in [0.1, 0.15) is 36.5 Å². The number of alkyl halides is 2. The van der Waals surface area contributed by atoms with E-state index >= 15 is 0 Å². The van der Waals surface area contributed by atoms with Crippen LogP contribution in [0.2, 0.25) is 0 Å². The van der Waals surface area contributed by atoms with Gasteiger partial charge < -0.3 is 14.8 Å². The minimum atomic E-state index is -2.57. The molecular formula is C17H23F2N5O4. The number of nitrogens with zero attached hydrogens (tertiary/aromatic N) is 4. The highest BCUT2D eigenvalue weighted by Gasteiger charge is 2.16. The quantitative estimate of drug-likeness (QED) is 0.615. The summed E-state index contributed by atoms with van der Waals surface area (Å²) < 4.78 is 36.8. The van der Waals surface area contributed by atoms with E-state index < -0.39 is 18.9 Å². The molecule has 0 spiro atoms. The Hall–Kier alpha value is -2.82. The molecule has 2 aromatic rings. The molecule has 9 nitrogen and oxygen atoms in total. The van der Waals surface area contributed by atoms with Gasteiger partial charge in [-0.25, -0.2) is 13.5 Å². The number of carbonyl (C=O) groups is 2. The fraction of sp³-hybridized carbons (Fsp3) is 0.529. The van der Waals surface area contributed by atoms with E-state index in [0.717, 1.165) is 0 Å². The van der Waals surface area contributed by atoms with Crippen molar-refractivity contribution in [1.29, 1.82) is 0 Å². The fourth-order valence-electron chi connectivity index (χ4n) is 2.31. The minimum Gasteiger partial charge on any atom is -0.442 e. The lowest BCUT2D eigenvalue weighted by atomic mass is 10.1. The summed E-state index contributed by atoms with van der Waals surface area (Å²) in [5.74, 6) is -0.333. The number of ether oxygens (including phenoxy) is 2. The van der Waals surface area contributed by atoms with Crippen molar-refractivity contribution in [1.82, 2.24) is 19.6 Å². The van der Waals surface area contributed by atoms with Gasteiger partial charge in [0.05, 0.1) is 18.5 Å². The van der Waals surface area contributed by atoms with Gasteiger partial charge in [-0.15, -0.1) is 0 Å². The molecule has 2 rings (SSSR count). The molecule has 2 heterocycles. The lowest BCUT2D eigenvalue weighted by molar-refractivity contribution is -0.148. The van der Waals surface area contributed by atoms with Gasteiger partial charge in [0.1, 0.15) is 18.1 Å². The maximum atomic E-state index is 12.5. The summed E-state index contributed by atoms with van der Waals surface area (Å²) in [6.45, 7) is 2.84. The number of hydrogen-bond donors (Lipinski definition) is 1. The lowest BCUT2D eigenvalue weighted by Crippen LogP contribution is -2.20. The van der Waals surface area contributed by atoms with Crippen LogP contribution in [0.5, 0.6) is 0 Å². The van der Waals surface area contributed by atoms with E-state index in [-0.39, 0.29) is 37.3 Å². The van der Waals surface area contributed by atoms with Gasteiger partial charge >= 0.3 is 5.97 Å². The van der Waals surface area contributed by atoms with Crippen LogP contribution in [0.3, 0.4) is 0 Å². The molecule has 0 fully saturated rings. The summed E-state index contributed by atoms with van der Waals surface area (Å²) in [7, 11) is 1.55. The van der Waals surface area contributed by atoms with Gasteiger partial charge in [-0.05, 0) is 12.0 Å². The zero-order valence-corrected chi connectivity index (χ0v) is 15.9. The second-order valence-electron chi connectivity index (χ2n) is 6.46. The maximum Gasteiger partial charge on any atom is 0.307 e. The number of aryl methyl sites for hydroxylation is 1. The highest BCUT2D eigenvalue weighted by molar-refractivity contribution is 6.02. The van der Waals surface area contributed by atoms with Gasteiger partial charge in [0, 0.05) is 19.5 Å². The van der Waals surface area contributed by atoms with Crippen LogP contribution in [0, 0.1) is 5.92 Å². The average Bonchev–Trinajstić information content (AvgIpc) is 3.18. The average molecular weight is 399 g/mol. The zero-order valence-electron chi connectivity index (χ0n) is 15.9. The highest BCUT2D eigenvalue weighted by Crippen LogP contribution is 2.12. The number of esters is 1. The summed E-state index contributed by atoms with van der Waals surface area (Å²) in [6.07, 6.45) is -0.825. The molecule has 0 saturated heterocycles. The maximum absolute atomic E-state index is 12.5. The van der Waals surface area contributed by atoms with Gasteiger partial charge in [-0.3, -0.25) is 14.3 Å². The summed E-state index contributed by atoms with van der Waals surface area (Å²) in [6, 6.07) is 3.00. The van der Waals surface area contributed by atoms with Crippen molar-refractivity contribution in [2.75, 3.05) is 11.9 Å². The van der Waals surface area contributed by atoms with Gasteiger partial charge in [-0.2, -0.15) is 10.2 Å².